The zero-order chi connectivity index (χ0) is 15.6. The van der Waals surface area contributed by atoms with Gasteiger partial charge in [0.15, 0.2) is 5.16 Å². The van der Waals surface area contributed by atoms with Crippen molar-refractivity contribution in [3.8, 4) is 0 Å². The number of benzene rings is 1. The Balaban J connectivity index is 1.49. The van der Waals surface area contributed by atoms with Gasteiger partial charge in [0.25, 0.3) is 0 Å². The van der Waals surface area contributed by atoms with Gasteiger partial charge in [0.2, 0.25) is 0 Å². The predicted molar refractivity (Wildman–Crippen MR) is 94.7 cm³/mol. The monoisotopic (exact) mass is 393 g/mol. The van der Waals surface area contributed by atoms with Crippen LogP contribution < -0.4 is 0 Å². The van der Waals surface area contributed by atoms with Crippen molar-refractivity contribution >= 4 is 27.7 Å². The largest absolute Gasteiger partial charge is 0.376 e. The lowest BCUT2D eigenvalue weighted by Crippen LogP contribution is -2.17. The maximum absolute atomic E-state index is 5.82. The Morgan fingerprint density at radius 2 is 2.00 bits per heavy atom. The molecular formula is C17H20BrN3OS. The molecule has 0 bridgehead atoms. The highest BCUT2D eigenvalue weighted by Gasteiger charge is 2.31. The number of hydrogen-bond donors (Lipinski definition) is 0. The Kier molecular flexibility index (Phi) is 4.73. The number of nitrogens with zero attached hydrogens (tertiary/aromatic N) is 3. The summed E-state index contributed by atoms with van der Waals surface area (Å²) < 4.78 is 9.25. The third-order valence-corrected chi connectivity index (χ3v) is 5.95. The van der Waals surface area contributed by atoms with Crippen LogP contribution in [0.3, 0.4) is 0 Å². The maximum Gasteiger partial charge on any atom is 0.191 e. The fourth-order valence-electron chi connectivity index (χ4n) is 2.94. The first-order valence-electron chi connectivity index (χ1n) is 8.21. The highest BCUT2D eigenvalue weighted by molar-refractivity contribution is 9.10. The van der Waals surface area contributed by atoms with Crippen molar-refractivity contribution in [3.05, 3.63) is 40.1 Å². The number of halogens is 1. The van der Waals surface area contributed by atoms with Crippen molar-refractivity contribution in [3.63, 3.8) is 0 Å². The van der Waals surface area contributed by atoms with Crippen molar-refractivity contribution in [2.45, 2.75) is 55.2 Å². The van der Waals surface area contributed by atoms with Crippen molar-refractivity contribution in [2.75, 3.05) is 6.61 Å². The molecule has 0 radical (unpaired) electrons. The van der Waals surface area contributed by atoms with Gasteiger partial charge in [0.1, 0.15) is 5.82 Å². The lowest BCUT2D eigenvalue weighted by molar-refractivity contribution is 0.0942. The second kappa shape index (κ2) is 6.95. The molecule has 4 rings (SSSR count). The molecule has 122 valence electrons. The van der Waals surface area contributed by atoms with Gasteiger partial charge >= 0.3 is 0 Å². The van der Waals surface area contributed by atoms with Crippen LogP contribution >= 0.6 is 27.7 Å². The molecule has 2 aliphatic rings. The van der Waals surface area contributed by atoms with Gasteiger partial charge in [-0.25, -0.2) is 0 Å². The molecule has 1 unspecified atom stereocenters. The summed E-state index contributed by atoms with van der Waals surface area (Å²) in [7, 11) is 0. The Morgan fingerprint density at radius 1 is 1.17 bits per heavy atom. The normalized spacial score (nSPS) is 21.0. The second-order valence-corrected chi connectivity index (χ2v) is 8.13. The van der Waals surface area contributed by atoms with Crippen LogP contribution in [0.2, 0.25) is 0 Å². The van der Waals surface area contributed by atoms with Crippen LogP contribution in [0.1, 0.15) is 43.0 Å². The van der Waals surface area contributed by atoms with Crippen molar-refractivity contribution < 1.29 is 4.74 Å². The van der Waals surface area contributed by atoms with E-state index in [-0.39, 0.29) is 0 Å². The van der Waals surface area contributed by atoms with E-state index in [0.29, 0.717) is 12.0 Å². The molecule has 2 heterocycles. The lowest BCUT2D eigenvalue weighted by atomic mass is 10.2. The van der Waals surface area contributed by atoms with Crippen LogP contribution in [-0.2, 0) is 17.0 Å². The van der Waals surface area contributed by atoms with Crippen LogP contribution in [-0.4, -0.2) is 27.5 Å². The van der Waals surface area contributed by atoms with Crippen molar-refractivity contribution in [2.24, 2.45) is 0 Å². The summed E-state index contributed by atoms with van der Waals surface area (Å²) in [4.78, 5) is 0. The van der Waals surface area contributed by atoms with Crippen LogP contribution in [0.15, 0.2) is 33.9 Å². The van der Waals surface area contributed by atoms with Crippen LogP contribution in [0.5, 0.6) is 0 Å². The van der Waals surface area contributed by atoms with E-state index in [0.717, 1.165) is 35.0 Å². The Labute approximate surface area is 149 Å². The van der Waals surface area contributed by atoms with Crippen molar-refractivity contribution in [1.82, 2.24) is 14.8 Å². The Morgan fingerprint density at radius 3 is 2.70 bits per heavy atom. The maximum atomic E-state index is 5.82. The first kappa shape index (κ1) is 15.7. The molecule has 1 saturated carbocycles. The van der Waals surface area contributed by atoms with E-state index in [1.165, 1.54) is 30.7 Å². The third kappa shape index (κ3) is 3.80. The smallest absolute Gasteiger partial charge is 0.191 e. The molecule has 1 aliphatic heterocycles. The zero-order valence-electron chi connectivity index (χ0n) is 12.9. The number of hydrogen-bond acceptors (Lipinski definition) is 4. The fourth-order valence-corrected chi connectivity index (χ4v) is 4.12. The van der Waals surface area contributed by atoms with Gasteiger partial charge in [-0.3, -0.25) is 0 Å². The summed E-state index contributed by atoms with van der Waals surface area (Å²) in [6, 6.07) is 8.48. The zero-order valence-corrected chi connectivity index (χ0v) is 15.4. The molecular weight excluding hydrogens is 374 g/mol. The van der Waals surface area contributed by atoms with Gasteiger partial charge < -0.3 is 9.30 Å². The minimum atomic E-state index is 0.329. The molecule has 6 heteroatoms. The van der Waals surface area contributed by atoms with E-state index < -0.39 is 0 Å². The summed E-state index contributed by atoms with van der Waals surface area (Å²) in [6.07, 6.45) is 5.16. The van der Waals surface area contributed by atoms with E-state index in [1.807, 2.05) is 0 Å². The second-order valence-electron chi connectivity index (χ2n) is 6.28. The molecule has 1 aliphatic carbocycles. The van der Waals surface area contributed by atoms with Gasteiger partial charge in [-0.2, -0.15) is 0 Å². The molecule has 23 heavy (non-hydrogen) atoms. The van der Waals surface area contributed by atoms with E-state index in [4.69, 9.17) is 4.74 Å². The number of thioether (sulfide) groups is 1. The van der Waals surface area contributed by atoms with E-state index in [1.54, 1.807) is 11.8 Å². The molecule has 1 saturated heterocycles. The van der Waals surface area contributed by atoms with Crippen molar-refractivity contribution in [1.29, 1.82) is 0 Å². The van der Waals surface area contributed by atoms with E-state index in [9.17, 15) is 0 Å². The predicted octanol–water partition coefficient (Wildman–Crippen LogP) is 4.39. The molecule has 0 spiro atoms. The minimum absolute atomic E-state index is 0.329. The van der Waals surface area contributed by atoms with Gasteiger partial charge in [0.05, 0.1) is 12.6 Å². The molecule has 4 nitrogen and oxygen atoms in total. The van der Waals surface area contributed by atoms with Crippen LogP contribution in [0.25, 0.3) is 0 Å². The Hall–Kier alpha value is -0.850. The Bertz CT molecular complexity index is 663. The minimum Gasteiger partial charge on any atom is -0.376 e. The number of rotatable bonds is 6. The lowest BCUT2D eigenvalue weighted by Gasteiger charge is -2.14. The molecule has 0 N–H and O–H groups in total. The number of ether oxygens (including phenoxy) is 1. The van der Waals surface area contributed by atoms with Gasteiger partial charge in [-0.1, -0.05) is 39.8 Å². The molecule has 1 aromatic carbocycles. The highest BCUT2D eigenvalue weighted by Crippen LogP contribution is 2.40. The third-order valence-electron chi connectivity index (χ3n) is 4.38. The summed E-state index contributed by atoms with van der Waals surface area (Å²) in [5, 5.41) is 9.97. The number of aromatic nitrogens is 3. The summed E-state index contributed by atoms with van der Waals surface area (Å²) in [5.41, 5.74) is 1.30. The van der Waals surface area contributed by atoms with Gasteiger partial charge in [0, 0.05) is 22.8 Å². The summed E-state index contributed by atoms with van der Waals surface area (Å²) in [6.45, 7) is 1.80. The van der Waals surface area contributed by atoms with Crippen LogP contribution in [0, 0.1) is 0 Å². The van der Waals surface area contributed by atoms with Gasteiger partial charge in [-0.05, 0) is 43.4 Å². The van der Waals surface area contributed by atoms with E-state index in [2.05, 4.69) is 55.0 Å². The first-order chi connectivity index (χ1) is 11.3. The molecule has 0 amide bonds. The average molecular weight is 394 g/mol. The highest BCUT2D eigenvalue weighted by atomic mass is 79.9. The van der Waals surface area contributed by atoms with E-state index >= 15 is 0 Å². The molecule has 1 atom stereocenters. The molecule has 1 aromatic heterocycles. The average Bonchev–Trinajstić information content (AvgIpc) is 3.13. The topological polar surface area (TPSA) is 39.9 Å². The molecule has 2 fully saturated rings. The quantitative estimate of drug-likeness (QED) is 0.682. The van der Waals surface area contributed by atoms with Crippen LogP contribution in [0.4, 0.5) is 0 Å². The van der Waals surface area contributed by atoms with Gasteiger partial charge in [-0.15, -0.1) is 10.2 Å². The SMILES string of the molecule is Brc1ccc(CSc2nnc(C3CC3)n2CC2CCCO2)cc1. The molecule has 2 aromatic rings. The standard InChI is InChI=1S/C17H20BrN3OS/c18-14-7-3-12(4-8-14)11-23-17-20-19-16(13-5-6-13)21(17)10-15-2-1-9-22-15/h3-4,7-8,13,15H,1-2,5-6,9-11H2. The fraction of sp³-hybridized carbons (Fsp3) is 0.529. The summed E-state index contributed by atoms with van der Waals surface area (Å²) in [5.74, 6) is 2.70. The summed E-state index contributed by atoms with van der Waals surface area (Å²) >= 11 is 5.25. The first-order valence-corrected chi connectivity index (χ1v) is 9.99.